The number of aliphatic carboxylic acids is 1. The number of hydrogen-bond acceptors (Lipinski definition) is 19. The molecule has 0 spiro atoms. The molecule has 0 aromatic heterocycles. The largest absolute Gasteiger partial charge is 0.480 e. The highest BCUT2D eigenvalue weighted by molar-refractivity contribution is 7.80. The van der Waals surface area contributed by atoms with E-state index in [1.54, 1.807) is 51.1 Å². The number of aliphatic hydroxyl groups excluding tert-OH is 2. The Balaban J connectivity index is 3.51. The highest BCUT2D eigenvalue weighted by atomic mass is 32.1. The van der Waals surface area contributed by atoms with Crippen LogP contribution in [-0.2, 0) is 64.0 Å². The molecule has 1 aromatic rings. The number of thiol groups is 2. The van der Waals surface area contributed by atoms with Crippen LogP contribution in [0, 0.1) is 5.41 Å². The normalized spacial score (nSPS) is 15.4. The van der Waals surface area contributed by atoms with E-state index in [0.29, 0.717) is 12.0 Å². The molecule has 23 N–H and O–H groups in total. The minimum atomic E-state index is -1.97. The third kappa shape index (κ3) is 26.5. The number of primary amides is 1. The van der Waals surface area contributed by atoms with Gasteiger partial charge in [0.15, 0.2) is 12.0 Å². The van der Waals surface area contributed by atoms with Crippen LogP contribution in [0.25, 0.3) is 0 Å². The highest BCUT2D eigenvalue weighted by Crippen LogP contribution is 2.21. The summed E-state index contributed by atoms with van der Waals surface area (Å²) in [5.41, 5.74) is 23.9. The van der Waals surface area contributed by atoms with Gasteiger partial charge in [0.1, 0.15) is 59.4 Å². The maximum absolute atomic E-state index is 14.3. The van der Waals surface area contributed by atoms with Gasteiger partial charge in [-0.05, 0) is 91.2 Å². The summed E-state index contributed by atoms with van der Waals surface area (Å²) in [6, 6.07) is -5.08. The molecule has 0 aliphatic heterocycles. The maximum Gasteiger partial charge on any atom is 0.328 e. The van der Waals surface area contributed by atoms with Crippen molar-refractivity contribution >= 4 is 102 Å². The van der Waals surface area contributed by atoms with Crippen molar-refractivity contribution in [1.29, 1.82) is 0 Å². The van der Waals surface area contributed by atoms with Crippen molar-refractivity contribution in [2.45, 2.75) is 185 Å². The molecule has 0 aliphatic rings. The molecule has 86 heavy (non-hydrogen) atoms. The molecule has 0 bridgehead atoms. The van der Waals surface area contributed by atoms with Crippen LogP contribution in [0.4, 0.5) is 0 Å². The minimum Gasteiger partial charge on any atom is -0.480 e. The highest BCUT2D eigenvalue weighted by Gasteiger charge is 2.41. The molecule has 0 aliphatic carbocycles. The number of rotatable bonds is 37. The number of nitrogens with two attached hydrogens (primary N) is 5. The van der Waals surface area contributed by atoms with Crippen LogP contribution in [0.1, 0.15) is 106 Å². The molecular weight excluding hydrogens is 1160 g/mol. The summed E-state index contributed by atoms with van der Waals surface area (Å²) in [5.74, 6) is -13.2. The third-order valence-electron chi connectivity index (χ3n) is 13.0. The van der Waals surface area contributed by atoms with E-state index >= 15 is 0 Å². The van der Waals surface area contributed by atoms with Crippen LogP contribution in [0.3, 0.4) is 0 Å². The molecular formula is C53H90N16O15S2. The summed E-state index contributed by atoms with van der Waals surface area (Å²) in [6.07, 6.45) is -3.21. The van der Waals surface area contributed by atoms with Crippen molar-refractivity contribution in [1.82, 2.24) is 53.2 Å². The Bertz CT molecular complexity index is 2550. The van der Waals surface area contributed by atoms with Crippen molar-refractivity contribution in [3.05, 3.63) is 35.9 Å². The SMILES string of the molecule is C[C@@H](O)[C@H](N)C(=O)NC(C)(C)C(=O)N[C@@H](Cc1ccccc1)C(=O)N[C@@H](CS)C(=O)N[C@@H](CCCCN)C(=O)N[C@@H](CCCN=C(N)N)C(=O)NC(C)(C)C(=O)N[C@@H](CC(N)=O)C(=O)N[C@@H](CS)C(=O)N[C@H](C(=O)N[C@H](C(=O)O)[C@@H](C)O)C(C)(C)C. The summed E-state index contributed by atoms with van der Waals surface area (Å²) in [7, 11) is 0. The number of aliphatic hydroxyl groups is 2. The van der Waals surface area contributed by atoms with Crippen molar-refractivity contribution in [3.63, 3.8) is 0 Å². The smallest absolute Gasteiger partial charge is 0.328 e. The van der Waals surface area contributed by atoms with Gasteiger partial charge < -0.3 is 97.2 Å². The van der Waals surface area contributed by atoms with Gasteiger partial charge in [-0.1, -0.05) is 51.1 Å². The number of benzene rings is 1. The number of aliphatic imine (C=N–C) groups is 1. The zero-order valence-electron chi connectivity index (χ0n) is 50.0. The average Bonchev–Trinajstić information content (AvgIpc) is 1.92. The first kappa shape index (κ1) is 76.7. The van der Waals surface area contributed by atoms with Crippen molar-refractivity contribution in [3.8, 4) is 0 Å². The van der Waals surface area contributed by atoms with Crippen LogP contribution in [0.2, 0.25) is 0 Å². The Labute approximate surface area is 510 Å². The van der Waals surface area contributed by atoms with Gasteiger partial charge in [-0.25, -0.2) is 4.79 Å². The number of amides is 11. The third-order valence-corrected chi connectivity index (χ3v) is 13.7. The monoisotopic (exact) mass is 1250 g/mol. The molecule has 0 radical (unpaired) electrons. The van der Waals surface area contributed by atoms with E-state index in [9.17, 15) is 72.9 Å². The first-order valence-corrected chi connectivity index (χ1v) is 28.8. The second-order valence-electron chi connectivity index (χ2n) is 22.6. The predicted octanol–water partition coefficient (Wildman–Crippen LogP) is -5.97. The quantitative estimate of drug-likeness (QED) is 0.0128. The van der Waals surface area contributed by atoms with Gasteiger partial charge in [0.2, 0.25) is 65.0 Å². The summed E-state index contributed by atoms with van der Waals surface area (Å²) < 4.78 is 0. The molecule has 11 amide bonds. The first-order valence-electron chi connectivity index (χ1n) is 27.6. The number of nitrogens with one attached hydrogen (secondary N) is 10. The summed E-state index contributed by atoms with van der Waals surface area (Å²) in [4.78, 5) is 166. The molecule has 484 valence electrons. The lowest BCUT2D eigenvalue weighted by atomic mass is 9.85. The van der Waals surface area contributed by atoms with Crippen LogP contribution in [0.5, 0.6) is 0 Å². The Kier molecular flexibility index (Phi) is 32.1. The number of hydrogen-bond donors (Lipinski definition) is 20. The second kappa shape index (κ2) is 36.0. The predicted molar refractivity (Wildman–Crippen MR) is 323 cm³/mol. The second-order valence-corrected chi connectivity index (χ2v) is 23.4. The van der Waals surface area contributed by atoms with Crippen LogP contribution in [0.15, 0.2) is 35.3 Å². The number of unbranched alkanes of at least 4 members (excludes halogenated alkanes) is 1. The standard InChI is InChI=1S/C53H90N16O15S2/c1-26(70)36(56)45(79)69-53(8,9)49(84)64-31(22-28-16-11-10-12-17-28)40(74)62-33(24-85)42(76)60-29(18-13-14-20-54)39(73)61-30(19-15-21-59-50(57)58)44(78)68-52(6,7)48(83)65-32(23-35(55)72)41(75)63-34(25-86)43(77)67-38(51(3,4)5)46(80)66-37(27(2)71)47(81)82/h10-12,16-17,26-27,29-34,36-38,70-71,85-86H,13-15,18-25,54,56H2,1-9H3,(H2,55,72)(H,60,76)(H,61,73)(H,62,74)(H,63,75)(H,64,84)(H,65,83)(H,66,80)(H,67,77)(H,68,78)(H,69,79)(H,81,82)(H4,57,58,59)/t26-,27-,29+,30+,31+,32+,33+,34+,36+,37+,38-/m1/s1. The summed E-state index contributed by atoms with van der Waals surface area (Å²) in [6.45, 7) is 12.4. The molecule has 31 nitrogen and oxygen atoms in total. The fourth-order valence-corrected chi connectivity index (χ4v) is 8.34. The fraction of sp³-hybridized carbons (Fsp3) is 0.642. The summed E-state index contributed by atoms with van der Waals surface area (Å²) in [5, 5.41) is 53.9. The van der Waals surface area contributed by atoms with Crippen molar-refractivity contribution in [2.24, 2.45) is 39.1 Å². The van der Waals surface area contributed by atoms with Crippen LogP contribution < -0.4 is 81.8 Å². The molecule has 11 atom stereocenters. The van der Waals surface area contributed by atoms with Gasteiger partial charge in [-0.2, -0.15) is 25.3 Å². The zero-order valence-corrected chi connectivity index (χ0v) is 51.8. The molecule has 33 heteroatoms. The van der Waals surface area contributed by atoms with E-state index in [4.69, 9.17) is 28.7 Å². The molecule has 0 fully saturated rings. The number of carbonyl (C=O) groups excluding carboxylic acids is 11. The van der Waals surface area contributed by atoms with E-state index in [-0.39, 0.29) is 56.9 Å². The Morgan fingerprint density at radius 1 is 0.547 bits per heavy atom. The van der Waals surface area contributed by atoms with E-state index in [0.717, 1.165) is 6.92 Å². The lowest BCUT2D eigenvalue weighted by molar-refractivity contribution is -0.146. The fourth-order valence-electron chi connectivity index (χ4n) is 7.82. The topological polar surface area (TPSA) is 528 Å². The van der Waals surface area contributed by atoms with Gasteiger partial charge in [-0.15, -0.1) is 0 Å². The van der Waals surface area contributed by atoms with Gasteiger partial charge in [-0.3, -0.25) is 57.7 Å². The van der Waals surface area contributed by atoms with E-state index in [1.807, 2.05) is 0 Å². The van der Waals surface area contributed by atoms with Gasteiger partial charge in [0, 0.05) is 24.5 Å². The number of nitrogens with zero attached hydrogens (tertiary/aromatic N) is 1. The van der Waals surface area contributed by atoms with E-state index in [1.165, 1.54) is 34.6 Å². The average molecular weight is 1260 g/mol. The molecule has 1 rings (SSSR count). The van der Waals surface area contributed by atoms with Crippen molar-refractivity contribution < 1.29 is 72.9 Å². The number of carbonyl (C=O) groups is 12. The van der Waals surface area contributed by atoms with Crippen molar-refractivity contribution in [2.75, 3.05) is 24.6 Å². The number of guanidine groups is 1. The van der Waals surface area contributed by atoms with Crippen LogP contribution in [-0.4, -0.2) is 194 Å². The Hall–Kier alpha value is -7.33. The number of carboxylic acids is 1. The number of carboxylic acid groups (broad SMARTS) is 1. The van der Waals surface area contributed by atoms with Gasteiger partial charge in [0.25, 0.3) is 0 Å². The Morgan fingerprint density at radius 2 is 0.988 bits per heavy atom. The van der Waals surface area contributed by atoms with E-state index in [2.05, 4.69) is 83.4 Å². The lowest BCUT2D eigenvalue weighted by Crippen LogP contribution is -2.64. The van der Waals surface area contributed by atoms with E-state index < -0.39 is 166 Å². The lowest BCUT2D eigenvalue weighted by Gasteiger charge is -2.33. The molecule has 0 unspecified atom stereocenters. The first-order chi connectivity index (χ1) is 39.8. The van der Waals surface area contributed by atoms with Crippen LogP contribution >= 0.6 is 25.3 Å². The van der Waals surface area contributed by atoms with Gasteiger partial charge >= 0.3 is 5.97 Å². The molecule has 0 saturated carbocycles. The molecule has 1 aromatic carbocycles. The zero-order chi connectivity index (χ0) is 66.0. The molecule has 0 heterocycles. The maximum atomic E-state index is 14.3. The Morgan fingerprint density at radius 3 is 1.44 bits per heavy atom. The van der Waals surface area contributed by atoms with Gasteiger partial charge in [0.05, 0.1) is 18.6 Å². The summed E-state index contributed by atoms with van der Waals surface area (Å²) >= 11 is 8.45. The minimum absolute atomic E-state index is 0.0334. The molecule has 0 saturated heterocycles.